The van der Waals surface area contributed by atoms with E-state index in [9.17, 15) is 13.6 Å². The van der Waals surface area contributed by atoms with Crippen molar-refractivity contribution in [1.29, 1.82) is 0 Å². The van der Waals surface area contributed by atoms with E-state index >= 15 is 0 Å². The number of alkyl halides is 2. The lowest BCUT2D eigenvalue weighted by Crippen LogP contribution is -2.31. The van der Waals surface area contributed by atoms with Crippen LogP contribution in [0.1, 0.15) is 57.1 Å². The standard InChI is InChI=1S/C17H23F2NO2/c1-10(2)14-7-12(5-6-15(14)22-17(18)19)13-8-16(21)20(9-13)11(3)4/h5-7,10-11,13,17H,8-9H2,1-4H3/t13-/m0/s1. The average molecular weight is 311 g/mol. The summed E-state index contributed by atoms with van der Waals surface area (Å²) in [6, 6.07) is 5.48. The first-order chi connectivity index (χ1) is 10.3. The monoisotopic (exact) mass is 311 g/mol. The number of carbonyl (C=O) groups excluding carboxylic acids is 1. The molecule has 1 aliphatic rings. The molecule has 0 saturated carbocycles. The van der Waals surface area contributed by atoms with Gasteiger partial charge in [0, 0.05) is 24.9 Å². The van der Waals surface area contributed by atoms with Crippen molar-refractivity contribution in [3.05, 3.63) is 29.3 Å². The van der Waals surface area contributed by atoms with Gasteiger partial charge in [-0.2, -0.15) is 8.78 Å². The van der Waals surface area contributed by atoms with E-state index in [4.69, 9.17) is 0 Å². The largest absolute Gasteiger partial charge is 0.435 e. The van der Waals surface area contributed by atoms with E-state index in [1.807, 2.05) is 38.7 Å². The lowest BCUT2D eigenvalue weighted by molar-refractivity contribution is -0.129. The van der Waals surface area contributed by atoms with Crippen LogP contribution in [0, 0.1) is 0 Å². The fraction of sp³-hybridized carbons (Fsp3) is 0.588. The van der Waals surface area contributed by atoms with Gasteiger partial charge in [0.05, 0.1) is 0 Å². The van der Waals surface area contributed by atoms with E-state index in [0.717, 1.165) is 11.1 Å². The molecule has 22 heavy (non-hydrogen) atoms. The van der Waals surface area contributed by atoms with Crippen LogP contribution in [0.5, 0.6) is 5.75 Å². The maximum absolute atomic E-state index is 12.5. The predicted octanol–water partition coefficient (Wildman–Crippen LogP) is 4.14. The Morgan fingerprint density at radius 3 is 2.41 bits per heavy atom. The zero-order chi connectivity index (χ0) is 16.4. The van der Waals surface area contributed by atoms with Gasteiger partial charge in [-0.1, -0.05) is 26.0 Å². The van der Waals surface area contributed by atoms with Crippen LogP contribution >= 0.6 is 0 Å². The molecule has 2 rings (SSSR count). The van der Waals surface area contributed by atoms with E-state index in [1.165, 1.54) is 0 Å². The molecule has 1 fully saturated rings. The van der Waals surface area contributed by atoms with E-state index in [0.29, 0.717) is 13.0 Å². The fourth-order valence-corrected chi connectivity index (χ4v) is 2.93. The highest BCUT2D eigenvalue weighted by Crippen LogP contribution is 2.35. The van der Waals surface area contributed by atoms with Gasteiger partial charge in [-0.05, 0) is 37.0 Å². The zero-order valence-corrected chi connectivity index (χ0v) is 13.5. The molecular formula is C17H23F2NO2. The number of carbonyl (C=O) groups is 1. The molecule has 5 heteroatoms. The molecule has 0 bridgehead atoms. The number of halogens is 2. The molecule has 1 heterocycles. The average Bonchev–Trinajstić information content (AvgIpc) is 2.80. The van der Waals surface area contributed by atoms with Crippen molar-refractivity contribution in [3.63, 3.8) is 0 Å². The van der Waals surface area contributed by atoms with E-state index in [1.54, 1.807) is 12.1 Å². The third-order valence-corrected chi connectivity index (χ3v) is 4.13. The van der Waals surface area contributed by atoms with Gasteiger partial charge in [0.15, 0.2) is 0 Å². The number of nitrogens with zero attached hydrogens (tertiary/aromatic N) is 1. The van der Waals surface area contributed by atoms with E-state index < -0.39 is 6.61 Å². The van der Waals surface area contributed by atoms with Gasteiger partial charge in [0.1, 0.15) is 5.75 Å². The van der Waals surface area contributed by atoms with Crippen LogP contribution in [0.2, 0.25) is 0 Å². The summed E-state index contributed by atoms with van der Waals surface area (Å²) in [5.74, 6) is 0.567. The van der Waals surface area contributed by atoms with Crippen LogP contribution < -0.4 is 4.74 Å². The highest BCUT2D eigenvalue weighted by Gasteiger charge is 2.32. The van der Waals surface area contributed by atoms with E-state index in [2.05, 4.69) is 4.74 Å². The van der Waals surface area contributed by atoms with Crippen molar-refractivity contribution >= 4 is 5.91 Å². The van der Waals surface area contributed by atoms with Crippen LogP contribution in [-0.2, 0) is 4.79 Å². The Hall–Kier alpha value is -1.65. The van der Waals surface area contributed by atoms with Crippen molar-refractivity contribution in [2.24, 2.45) is 0 Å². The molecule has 1 saturated heterocycles. The summed E-state index contributed by atoms with van der Waals surface area (Å²) in [5, 5.41) is 0. The fourth-order valence-electron chi connectivity index (χ4n) is 2.93. The first-order valence-electron chi connectivity index (χ1n) is 7.67. The summed E-state index contributed by atoms with van der Waals surface area (Å²) in [5.41, 5.74) is 1.77. The number of amides is 1. The smallest absolute Gasteiger partial charge is 0.387 e. The molecule has 3 nitrogen and oxygen atoms in total. The Morgan fingerprint density at radius 1 is 1.23 bits per heavy atom. The SMILES string of the molecule is CC(C)c1cc([C@H]2CC(=O)N(C(C)C)C2)ccc1OC(F)F. The Bertz CT molecular complexity index is 543. The third-order valence-electron chi connectivity index (χ3n) is 4.13. The van der Waals surface area contributed by atoms with Crippen LogP contribution in [0.4, 0.5) is 8.78 Å². The Balaban J connectivity index is 2.26. The number of hydrogen-bond acceptors (Lipinski definition) is 2. The molecule has 1 aromatic rings. The number of ether oxygens (including phenoxy) is 1. The topological polar surface area (TPSA) is 29.5 Å². The summed E-state index contributed by atoms with van der Waals surface area (Å²) < 4.78 is 29.6. The number of rotatable bonds is 5. The minimum atomic E-state index is -2.83. The van der Waals surface area contributed by atoms with Gasteiger partial charge in [-0.25, -0.2) is 0 Å². The minimum absolute atomic E-state index is 0.0759. The van der Waals surface area contributed by atoms with Gasteiger partial charge >= 0.3 is 6.61 Å². The molecule has 0 aromatic heterocycles. The number of likely N-dealkylation sites (tertiary alicyclic amines) is 1. The van der Waals surface area contributed by atoms with Gasteiger partial charge in [-0.3, -0.25) is 4.79 Å². The second-order valence-electron chi connectivity index (χ2n) is 6.37. The normalized spacial score (nSPS) is 18.9. The molecule has 0 aliphatic carbocycles. The van der Waals surface area contributed by atoms with Crippen molar-refractivity contribution in [1.82, 2.24) is 4.90 Å². The molecule has 0 spiro atoms. The van der Waals surface area contributed by atoms with Crippen LogP contribution in [-0.4, -0.2) is 30.0 Å². The highest BCUT2D eigenvalue weighted by atomic mass is 19.3. The summed E-state index contributed by atoms with van der Waals surface area (Å²) in [6.45, 7) is 5.74. The lowest BCUT2D eigenvalue weighted by atomic mass is 9.92. The summed E-state index contributed by atoms with van der Waals surface area (Å²) >= 11 is 0. The second-order valence-corrected chi connectivity index (χ2v) is 6.37. The lowest BCUT2D eigenvalue weighted by Gasteiger charge is -2.21. The van der Waals surface area contributed by atoms with Crippen LogP contribution in [0.25, 0.3) is 0 Å². The maximum Gasteiger partial charge on any atom is 0.387 e. The Kier molecular flexibility index (Phi) is 5.04. The molecule has 1 aromatic carbocycles. The molecule has 122 valence electrons. The summed E-state index contributed by atoms with van der Waals surface area (Å²) in [4.78, 5) is 13.9. The first kappa shape index (κ1) is 16.7. The Morgan fingerprint density at radius 2 is 1.91 bits per heavy atom. The molecule has 1 amide bonds. The minimum Gasteiger partial charge on any atom is -0.435 e. The quantitative estimate of drug-likeness (QED) is 0.818. The first-order valence-corrected chi connectivity index (χ1v) is 7.67. The molecule has 0 unspecified atom stereocenters. The molecule has 0 radical (unpaired) electrons. The van der Waals surface area contributed by atoms with Crippen LogP contribution in [0.3, 0.4) is 0 Å². The predicted molar refractivity (Wildman–Crippen MR) is 81.4 cm³/mol. The number of hydrogen-bond donors (Lipinski definition) is 0. The van der Waals surface area contributed by atoms with Gasteiger partial charge in [0.25, 0.3) is 0 Å². The van der Waals surface area contributed by atoms with Gasteiger partial charge in [-0.15, -0.1) is 0 Å². The van der Waals surface area contributed by atoms with Crippen molar-refractivity contribution in [2.75, 3.05) is 6.54 Å². The van der Waals surface area contributed by atoms with Crippen molar-refractivity contribution in [2.45, 2.75) is 58.6 Å². The highest BCUT2D eigenvalue weighted by molar-refractivity contribution is 5.80. The van der Waals surface area contributed by atoms with Crippen LogP contribution in [0.15, 0.2) is 18.2 Å². The van der Waals surface area contributed by atoms with Gasteiger partial charge in [0.2, 0.25) is 5.91 Å². The second kappa shape index (κ2) is 6.63. The molecule has 1 atom stereocenters. The summed E-state index contributed by atoms with van der Waals surface area (Å²) in [6.07, 6.45) is 0.477. The third kappa shape index (κ3) is 3.57. The molecule has 0 N–H and O–H groups in total. The molecule has 1 aliphatic heterocycles. The zero-order valence-electron chi connectivity index (χ0n) is 13.5. The van der Waals surface area contributed by atoms with Crippen molar-refractivity contribution in [3.8, 4) is 5.75 Å². The maximum atomic E-state index is 12.5. The van der Waals surface area contributed by atoms with E-state index in [-0.39, 0.29) is 29.5 Å². The Labute approximate surface area is 130 Å². The molecular weight excluding hydrogens is 288 g/mol. The number of benzene rings is 1. The summed E-state index contributed by atoms with van der Waals surface area (Å²) in [7, 11) is 0. The van der Waals surface area contributed by atoms with Gasteiger partial charge < -0.3 is 9.64 Å². The van der Waals surface area contributed by atoms with Crippen molar-refractivity contribution < 1.29 is 18.3 Å².